The summed E-state index contributed by atoms with van der Waals surface area (Å²) in [7, 11) is 0. The molecule has 3 fully saturated rings. The van der Waals surface area contributed by atoms with Gasteiger partial charge in [0, 0.05) is 5.41 Å². The van der Waals surface area contributed by atoms with Gasteiger partial charge in [-0.05, 0) is 85.3 Å². The van der Waals surface area contributed by atoms with E-state index in [2.05, 4.69) is 55.4 Å². The van der Waals surface area contributed by atoms with Crippen molar-refractivity contribution in [3.8, 4) is 0 Å². The van der Waals surface area contributed by atoms with Crippen LogP contribution in [0.3, 0.4) is 0 Å². The van der Waals surface area contributed by atoms with Crippen LogP contribution in [0.4, 0.5) is 0 Å². The molecular weight excluding hydrogens is 358 g/mol. The van der Waals surface area contributed by atoms with Crippen molar-refractivity contribution in [3.63, 3.8) is 0 Å². The first-order valence-corrected chi connectivity index (χ1v) is 11.3. The third-order valence-electron chi connectivity index (χ3n) is 8.99. The fourth-order valence-electron chi connectivity index (χ4n) is 7.39. The molecule has 0 saturated heterocycles. The Labute approximate surface area is 174 Å². The molecule has 5 rings (SSSR count). The summed E-state index contributed by atoms with van der Waals surface area (Å²) in [6.07, 6.45) is 11.9. The zero-order chi connectivity index (χ0) is 20.2. The molecule has 0 heterocycles. The summed E-state index contributed by atoms with van der Waals surface area (Å²) >= 11 is 0. The summed E-state index contributed by atoms with van der Waals surface area (Å²) in [6.45, 7) is 4.79. The minimum atomic E-state index is -0.153. The third kappa shape index (κ3) is 2.84. The Balaban J connectivity index is 1.51. The van der Waals surface area contributed by atoms with Gasteiger partial charge in [0.1, 0.15) is 0 Å². The molecule has 6 atom stereocenters. The maximum atomic E-state index is 10.2. The molecule has 0 amide bonds. The van der Waals surface area contributed by atoms with Gasteiger partial charge < -0.3 is 10.3 Å². The van der Waals surface area contributed by atoms with E-state index in [0.29, 0.717) is 17.8 Å². The molecule has 0 aliphatic heterocycles. The van der Waals surface area contributed by atoms with Gasteiger partial charge in [-0.1, -0.05) is 61.0 Å². The van der Waals surface area contributed by atoms with Gasteiger partial charge in [-0.15, -0.1) is 0 Å². The molecule has 3 saturated carbocycles. The molecule has 2 N–H and O–H groups in total. The number of allylic oxidation sites excluding steroid dienone is 2. The third-order valence-corrected chi connectivity index (χ3v) is 8.99. The molecule has 1 aromatic rings. The quantitative estimate of drug-likeness (QED) is 0.359. The summed E-state index contributed by atoms with van der Waals surface area (Å²) < 4.78 is 0. The van der Waals surface area contributed by atoms with Crippen molar-refractivity contribution >= 4 is 11.8 Å². The highest BCUT2D eigenvalue weighted by molar-refractivity contribution is 6.09. The van der Waals surface area contributed by atoms with Crippen molar-refractivity contribution in [1.29, 1.82) is 0 Å². The first-order valence-electron chi connectivity index (χ1n) is 11.3. The number of rotatable bonds is 1. The monoisotopic (exact) mass is 391 g/mol. The molecule has 0 unspecified atom stereocenters. The molecule has 4 aliphatic rings. The van der Waals surface area contributed by atoms with Gasteiger partial charge in [0.05, 0.1) is 11.8 Å². The van der Waals surface area contributed by atoms with Crippen LogP contribution in [0.1, 0.15) is 64.4 Å². The van der Waals surface area contributed by atoms with E-state index < -0.39 is 0 Å². The van der Waals surface area contributed by atoms with Crippen LogP contribution in [0, 0.1) is 28.6 Å². The number of benzene rings is 1. The minimum Gasteiger partial charge on any atom is -0.411 e. The van der Waals surface area contributed by atoms with E-state index in [0.717, 1.165) is 44.2 Å². The Bertz CT molecular complexity index is 885. The van der Waals surface area contributed by atoms with Crippen LogP contribution in [-0.2, 0) is 0 Å². The first-order chi connectivity index (χ1) is 14.0. The Morgan fingerprint density at radius 2 is 1.76 bits per heavy atom. The van der Waals surface area contributed by atoms with Crippen molar-refractivity contribution < 1.29 is 10.3 Å². The van der Waals surface area contributed by atoms with Gasteiger partial charge in [0.15, 0.2) is 0 Å². The maximum absolute atomic E-state index is 10.2. The number of oxime groups is 1. The number of aliphatic hydroxyl groups is 1. The molecule has 0 radical (unpaired) electrons. The van der Waals surface area contributed by atoms with Crippen molar-refractivity contribution in [2.75, 3.05) is 0 Å². The average Bonchev–Trinajstić information content (AvgIpc) is 3.00. The standard InChI is InChI=1S/C26H33NO2/c1-25-12-10-20(28)16-19(25)8-9-21-22(25)11-13-26(2)23(21)15-18(24(26)27-29)14-17-6-4-3-5-7-17/h3-8,14,20-23,28-29H,9-13,15-16H2,1-2H3/b18-14+,27-24+/t20-,21+,22-,23-,25-,26-/m0/s1. The molecule has 3 heteroatoms. The molecular formula is C26H33NO2. The van der Waals surface area contributed by atoms with E-state index in [9.17, 15) is 10.3 Å². The lowest BCUT2D eigenvalue weighted by Crippen LogP contribution is -2.50. The highest BCUT2D eigenvalue weighted by Crippen LogP contribution is 2.65. The summed E-state index contributed by atoms with van der Waals surface area (Å²) in [5, 5.41) is 24.1. The highest BCUT2D eigenvalue weighted by atomic mass is 16.4. The van der Waals surface area contributed by atoms with E-state index in [4.69, 9.17) is 0 Å². The number of aliphatic hydroxyl groups excluding tert-OH is 1. The van der Waals surface area contributed by atoms with Crippen LogP contribution in [-0.4, -0.2) is 22.1 Å². The normalized spacial score (nSPS) is 44.2. The first kappa shape index (κ1) is 19.1. The lowest BCUT2D eigenvalue weighted by atomic mass is 9.48. The van der Waals surface area contributed by atoms with Gasteiger partial charge in [0.25, 0.3) is 0 Å². The van der Waals surface area contributed by atoms with Crippen LogP contribution < -0.4 is 0 Å². The Morgan fingerprint density at radius 1 is 1.00 bits per heavy atom. The summed E-state index contributed by atoms with van der Waals surface area (Å²) in [4.78, 5) is 0. The zero-order valence-electron chi connectivity index (χ0n) is 17.6. The average molecular weight is 392 g/mol. The molecule has 4 aliphatic carbocycles. The van der Waals surface area contributed by atoms with Crippen molar-refractivity contribution in [2.45, 2.75) is 64.9 Å². The molecule has 1 aromatic carbocycles. The van der Waals surface area contributed by atoms with E-state index >= 15 is 0 Å². The maximum Gasteiger partial charge on any atom is 0.0889 e. The Morgan fingerprint density at radius 3 is 2.52 bits per heavy atom. The summed E-state index contributed by atoms with van der Waals surface area (Å²) in [6, 6.07) is 10.4. The summed E-state index contributed by atoms with van der Waals surface area (Å²) in [5.74, 6) is 1.85. The number of hydrogen-bond acceptors (Lipinski definition) is 3. The molecule has 29 heavy (non-hydrogen) atoms. The van der Waals surface area contributed by atoms with Crippen LogP contribution in [0.25, 0.3) is 6.08 Å². The fourth-order valence-corrected chi connectivity index (χ4v) is 7.39. The van der Waals surface area contributed by atoms with Crippen LogP contribution in [0.2, 0.25) is 0 Å². The Kier molecular flexibility index (Phi) is 4.51. The minimum absolute atomic E-state index is 0.0353. The largest absolute Gasteiger partial charge is 0.411 e. The number of nitrogens with zero attached hydrogens (tertiary/aromatic N) is 1. The van der Waals surface area contributed by atoms with Crippen molar-refractivity contribution in [3.05, 3.63) is 53.1 Å². The van der Waals surface area contributed by atoms with Gasteiger partial charge in [-0.2, -0.15) is 0 Å². The van der Waals surface area contributed by atoms with E-state index in [1.165, 1.54) is 23.1 Å². The van der Waals surface area contributed by atoms with Gasteiger partial charge >= 0.3 is 0 Å². The van der Waals surface area contributed by atoms with Crippen LogP contribution >= 0.6 is 0 Å². The predicted molar refractivity (Wildman–Crippen MR) is 117 cm³/mol. The molecule has 0 aromatic heterocycles. The second-order valence-corrected chi connectivity index (χ2v) is 10.3. The molecule has 0 bridgehead atoms. The number of hydrogen-bond donors (Lipinski definition) is 2. The Hall–Kier alpha value is -1.87. The second-order valence-electron chi connectivity index (χ2n) is 10.3. The van der Waals surface area contributed by atoms with E-state index in [1.54, 1.807) is 0 Å². The van der Waals surface area contributed by atoms with Gasteiger partial charge in [0.2, 0.25) is 0 Å². The van der Waals surface area contributed by atoms with Crippen molar-refractivity contribution in [2.24, 2.45) is 33.7 Å². The van der Waals surface area contributed by atoms with Crippen LogP contribution in [0.5, 0.6) is 0 Å². The lowest BCUT2D eigenvalue weighted by Gasteiger charge is -2.56. The predicted octanol–water partition coefficient (Wildman–Crippen LogP) is 5.83. The van der Waals surface area contributed by atoms with Crippen LogP contribution in [0.15, 0.2) is 52.7 Å². The molecule has 3 nitrogen and oxygen atoms in total. The summed E-state index contributed by atoms with van der Waals surface area (Å²) in [5.41, 5.74) is 5.03. The highest BCUT2D eigenvalue weighted by Gasteiger charge is 2.59. The number of fused-ring (bicyclic) bond motifs is 5. The van der Waals surface area contributed by atoms with Crippen molar-refractivity contribution in [1.82, 2.24) is 0 Å². The zero-order valence-corrected chi connectivity index (χ0v) is 17.6. The smallest absolute Gasteiger partial charge is 0.0889 e. The van der Waals surface area contributed by atoms with E-state index in [1.807, 2.05) is 6.07 Å². The molecule has 0 spiro atoms. The lowest BCUT2D eigenvalue weighted by molar-refractivity contribution is -0.0206. The van der Waals surface area contributed by atoms with E-state index in [-0.39, 0.29) is 16.9 Å². The molecule has 154 valence electrons. The fraction of sp³-hybridized carbons (Fsp3) is 0.577. The SMILES string of the molecule is C[C@]12CC[C@H](O)CC1=CC[C@@H]1[C@@H]2CC[C@]2(C)C(=N/O)/C(=C/c3ccccc3)C[C@@H]12. The van der Waals surface area contributed by atoms with Gasteiger partial charge in [-0.3, -0.25) is 0 Å². The van der Waals surface area contributed by atoms with Gasteiger partial charge in [-0.25, -0.2) is 0 Å². The topological polar surface area (TPSA) is 52.8 Å². The second kappa shape index (κ2) is 6.84.